The van der Waals surface area contributed by atoms with Gasteiger partial charge in [-0.15, -0.1) is 0 Å². The maximum absolute atomic E-state index is 11.5. The van der Waals surface area contributed by atoms with Gasteiger partial charge in [-0.25, -0.2) is 0 Å². The molecule has 1 atom stereocenters. The van der Waals surface area contributed by atoms with Gasteiger partial charge in [0.1, 0.15) is 0 Å². The molecule has 0 saturated heterocycles. The van der Waals surface area contributed by atoms with Gasteiger partial charge in [-0.1, -0.05) is 0 Å². The number of carbonyl (C=O) groups excluding carboxylic acids is 1. The van der Waals surface area contributed by atoms with E-state index in [1.54, 1.807) is 0 Å². The van der Waals surface area contributed by atoms with Crippen LogP contribution in [0.15, 0.2) is 0 Å². The zero-order chi connectivity index (χ0) is 8.85. The van der Waals surface area contributed by atoms with Crippen molar-refractivity contribution in [2.75, 3.05) is 6.54 Å². The molecule has 11 heavy (non-hydrogen) atoms. The van der Waals surface area contributed by atoms with Gasteiger partial charge in [0, 0.05) is 6.54 Å². The summed E-state index contributed by atoms with van der Waals surface area (Å²) in [6, 6.07) is 0. The van der Waals surface area contributed by atoms with E-state index in [9.17, 15) is 13.6 Å². The first kappa shape index (κ1) is 10.3. The number of amides is 1. The average Bonchev–Trinajstić information content (AvgIpc) is 1.86. The highest BCUT2D eigenvalue weighted by molar-refractivity contribution is 5.78. The molecule has 3 nitrogen and oxygen atoms in total. The summed E-state index contributed by atoms with van der Waals surface area (Å²) in [5.41, 5.74) is 0. The Morgan fingerprint density at radius 2 is 2.18 bits per heavy atom. The standard InChI is InChI=1S/C6H11F2NO2/c1-4(10)2-3-9-6(11)5(7)8/h4-5,10H,2-3H2,1H3,(H,9,11). The third kappa shape index (κ3) is 5.72. The predicted octanol–water partition coefficient (Wildman–Crippen LogP) is 0.139. The van der Waals surface area contributed by atoms with Gasteiger partial charge >= 0.3 is 6.43 Å². The van der Waals surface area contributed by atoms with Crippen LogP contribution in [0.4, 0.5) is 8.78 Å². The van der Waals surface area contributed by atoms with Crippen molar-refractivity contribution in [2.24, 2.45) is 0 Å². The zero-order valence-corrected chi connectivity index (χ0v) is 6.18. The van der Waals surface area contributed by atoms with Gasteiger partial charge < -0.3 is 10.4 Å². The van der Waals surface area contributed by atoms with Crippen LogP contribution >= 0.6 is 0 Å². The molecule has 66 valence electrons. The summed E-state index contributed by atoms with van der Waals surface area (Å²) in [5.74, 6) is -1.29. The molecule has 5 heteroatoms. The van der Waals surface area contributed by atoms with Crippen LogP contribution in [0, 0.1) is 0 Å². The van der Waals surface area contributed by atoms with Crippen molar-refractivity contribution in [1.82, 2.24) is 5.32 Å². The highest BCUT2D eigenvalue weighted by Crippen LogP contribution is 1.92. The van der Waals surface area contributed by atoms with Crippen LogP contribution in [0.1, 0.15) is 13.3 Å². The van der Waals surface area contributed by atoms with Crippen molar-refractivity contribution in [3.8, 4) is 0 Å². The predicted molar refractivity (Wildman–Crippen MR) is 35.3 cm³/mol. The Morgan fingerprint density at radius 3 is 2.55 bits per heavy atom. The Balaban J connectivity index is 3.32. The highest BCUT2D eigenvalue weighted by atomic mass is 19.3. The lowest BCUT2D eigenvalue weighted by molar-refractivity contribution is -0.131. The summed E-state index contributed by atoms with van der Waals surface area (Å²) in [7, 11) is 0. The molecule has 0 saturated carbocycles. The summed E-state index contributed by atoms with van der Waals surface area (Å²) in [4.78, 5) is 10.2. The molecule has 1 unspecified atom stereocenters. The van der Waals surface area contributed by atoms with Gasteiger partial charge in [0.2, 0.25) is 0 Å². The first-order valence-electron chi connectivity index (χ1n) is 3.28. The quantitative estimate of drug-likeness (QED) is 0.625. The molecule has 2 N–H and O–H groups in total. The Bertz CT molecular complexity index is 128. The molecule has 0 aliphatic carbocycles. The Morgan fingerprint density at radius 1 is 1.64 bits per heavy atom. The molecule has 0 bridgehead atoms. The van der Waals surface area contributed by atoms with E-state index >= 15 is 0 Å². The van der Waals surface area contributed by atoms with Gasteiger partial charge in [-0.2, -0.15) is 8.78 Å². The van der Waals surface area contributed by atoms with E-state index in [-0.39, 0.29) is 6.54 Å². The SMILES string of the molecule is CC(O)CCNC(=O)C(F)F. The van der Waals surface area contributed by atoms with E-state index in [1.807, 2.05) is 5.32 Å². The molecule has 0 heterocycles. The number of alkyl halides is 2. The highest BCUT2D eigenvalue weighted by Gasteiger charge is 2.13. The molecule has 0 aromatic heterocycles. The molecule has 0 aromatic carbocycles. The van der Waals surface area contributed by atoms with Gasteiger partial charge in [-0.05, 0) is 13.3 Å². The third-order valence-corrected chi connectivity index (χ3v) is 1.06. The van der Waals surface area contributed by atoms with E-state index in [0.29, 0.717) is 6.42 Å². The minimum Gasteiger partial charge on any atom is -0.393 e. The average molecular weight is 167 g/mol. The number of hydrogen-bond donors (Lipinski definition) is 2. The molecule has 0 fully saturated rings. The fraction of sp³-hybridized carbons (Fsp3) is 0.833. The fourth-order valence-electron chi connectivity index (χ4n) is 0.481. The van der Waals surface area contributed by atoms with Crippen molar-refractivity contribution < 1.29 is 18.7 Å². The van der Waals surface area contributed by atoms with Gasteiger partial charge in [0.05, 0.1) is 6.10 Å². The third-order valence-electron chi connectivity index (χ3n) is 1.06. The number of rotatable bonds is 4. The van der Waals surface area contributed by atoms with Gasteiger partial charge in [-0.3, -0.25) is 4.79 Å². The van der Waals surface area contributed by atoms with Crippen molar-refractivity contribution >= 4 is 5.91 Å². The second-order valence-corrected chi connectivity index (χ2v) is 2.23. The summed E-state index contributed by atoms with van der Waals surface area (Å²) < 4.78 is 23.0. The lowest BCUT2D eigenvalue weighted by Gasteiger charge is -2.05. The first-order valence-corrected chi connectivity index (χ1v) is 3.28. The minimum absolute atomic E-state index is 0.0842. The summed E-state index contributed by atoms with van der Waals surface area (Å²) in [5, 5.41) is 10.6. The van der Waals surface area contributed by atoms with Crippen LogP contribution in [0.5, 0.6) is 0 Å². The first-order chi connectivity index (χ1) is 5.04. The van der Waals surface area contributed by atoms with E-state index in [1.165, 1.54) is 6.92 Å². The Labute approximate surface area is 63.4 Å². The number of aliphatic hydroxyl groups excluding tert-OH is 1. The molecule has 0 spiro atoms. The Hall–Kier alpha value is -0.710. The van der Waals surface area contributed by atoms with E-state index in [4.69, 9.17) is 5.11 Å². The number of nitrogens with one attached hydrogen (secondary N) is 1. The molecule has 0 aliphatic heterocycles. The molecule has 0 rings (SSSR count). The van der Waals surface area contributed by atoms with Crippen molar-refractivity contribution in [1.29, 1.82) is 0 Å². The normalized spacial score (nSPS) is 13.2. The molecule has 0 aromatic rings. The van der Waals surface area contributed by atoms with Crippen LogP contribution in [-0.4, -0.2) is 30.1 Å². The van der Waals surface area contributed by atoms with Crippen LogP contribution in [0.2, 0.25) is 0 Å². The van der Waals surface area contributed by atoms with Crippen molar-refractivity contribution in [2.45, 2.75) is 25.9 Å². The van der Waals surface area contributed by atoms with Crippen molar-refractivity contribution in [3.63, 3.8) is 0 Å². The number of carbonyl (C=O) groups is 1. The Kier molecular flexibility index (Phi) is 4.69. The maximum Gasteiger partial charge on any atom is 0.315 e. The molecule has 1 amide bonds. The van der Waals surface area contributed by atoms with Gasteiger partial charge in [0.25, 0.3) is 5.91 Å². The molecular weight excluding hydrogens is 156 g/mol. The largest absolute Gasteiger partial charge is 0.393 e. The summed E-state index contributed by atoms with van der Waals surface area (Å²) in [6.07, 6.45) is -3.25. The number of aliphatic hydroxyl groups is 1. The number of halogens is 2. The summed E-state index contributed by atoms with van der Waals surface area (Å²) in [6.45, 7) is 1.61. The van der Waals surface area contributed by atoms with Crippen molar-refractivity contribution in [3.05, 3.63) is 0 Å². The number of hydrogen-bond acceptors (Lipinski definition) is 2. The van der Waals surface area contributed by atoms with E-state index < -0.39 is 18.4 Å². The molecular formula is C6H11F2NO2. The van der Waals surface area contributed by atoms with Crippen LogP contribution in [-0.2, 0) is 4.79 Å². The summed E-state index contributed by atoms with van der Waals surface area (Å²) >= 11 is 0. The second-order valence-electron chi connectivity index (χ2n) is 2.23. The molecule has 0 radical (unpaired) electrons. The van der Waals surface area contributed by atoms with Crippen LogP contribution < -0.4 is 5.32 Å². The maximum atomic E-state index is 11.5. The second kappa shape index (κ2) is 5.01. The van der Waals surface area contributed by atoms with Gasteiger partial charge in [0.15, 0.2) is 0 Å². The fourth-order valence-corrected chi connectivity index (χ4v) is 0.481. The lowest BCUT2D eigenvalue weighted by Crippen LogP contribution is -2.31. The minimum atomic E-state index is -2.97. The smallest absolute Gasteiger partial charge is 0.315 e. The van der Waals surface area contributed by atoms with E-state index in [2.05, 4.69) is 0 Å². The molecule has 0 aliphatic rings. The monoisotopic (exact) mass is 167 g/mol. The van der Waals surface area contributed by atoms with Crippen LogP contribution in [0.3, 0.4) is 0 Å². The zero-order valence-electron chi connectivity index (χ0n) is 6.18. The van der Waals surface area contributed by atoms with Crippen LogP contribution in [0.25, 0.3) is 0 Å². The van der Waals surface area contributed by atoms with E-state index in [0.717, 1.165) is 0 Å². The lowest BCUT2D eigenvalue weighted by atomic mass is 10.3. The topological polar surface area (TPSA) is 49.3 Å².